The van der Waals surface area contributed by atoms with Gasteiger partial charge in [-0.25, -0.2) is 0 Å². The molecule has 118 valence electrons. The zero-order valence-corrected chi connectivity index (χ0v) is 13.7. The van der Waals surface area contributed by atoms with Crippen LogP contribution in [0.1, 0.15) is 63.5 Å². The van der Waals surface area contributed by atoms with Crippen molar-refractivity contribution in [2.45, 2.75) is 71.6 Å². The van der Waals surface area contributed by atoms with Crippen molar-refractivity contribution < 1.29 is 4.74 Å². The Morgan fingerprint density at radius 2 is 2.05 bits per heavy atom. The fourth-order valence-corrected chi connectivity index (χ4v) is 2.62. The summed E-state index contributed by atoms with van der Waals surface area (Å²) in [6.07, 6.45) is 7.83. The third-order valence-electron chi connectivity index (χ3n) is 4.33. The molecule has 2 rings (SSSR count). The maximum absolute atomic E-state index is 5.94. The van der Waals surface area contributed by atoms with Crippen molar-refractivity contribution in [3.05, 3.63) is 35.4 Å². The Morgan fingerprint density at radius 3 is 2.76 bits per heavy atom. The lowest BCUT2D eigenvalue weighted by atomic mass is 10.0. The smallest absolute Gasteiger partial charge is 0.0717 e. The van der Waals surface area contributed by atoms with E-state index in [1.54, 1.807) is 0 Å². The van der Waals surface area contributed by atoms with Gasteiger partial charge in [-0.1, -0.05) is 57.4 Å². The molecular formula is C19H31NO. The molecule has 1 aliphatic carbocycles. The summed E-state index contributed by atoms with van der Waals surface area (Å²) in [6.45, 7) is 7.18. The first-order valence-electron chi connectivity index (χ1n) is 8.70. The maximum atomic E-state index is 5.94. The van der Waals surface area contributed by atoms with Gasteiger partial charge in [0.05, 0.1) is 6.61 Å². The summed E-state index contributed by atoms with van der Waals surface area (Å²) in [6, 6.07) is 9.58. The Balaban J connectivity index is 1.70. The van der Waals surface area contributed by atoms with Crippen LogP contribution >= 0.6 is 0 Å². The van der Waals surface area contributed by atoms with E-state index >= 15 is 0 Å². The van der Waals surface area contributed by atoms with E-state index < -0.39 is 0 Å². The van der Waals surface area contributed by atoms with Gasteiger partial charge in [-0.05, 0) is 36.3 Å². The SMILES string of the molecule is CCCCC(CC)COCc1cccc(CNC2CC2)c1. The highest BCUT2D eigenvalue weighted by Gasteiger charge is 2.19. The van der Waals surface area contributed by atoms with Crippen molar-refractivity contribution >= 4 is 0 Å². The Labute approximate surface area is 130 Å². The van der Waals surface area contributed by atoms with Crippen molar-refractivity contribution in [2.24, 2.45) is 5.92 Å². The minimum Gasteiger partial charge on any atom is -0.376 e. The number of unbranched alkanes of at least 4 members (excludes halogenated alkanes) is 1. The minimum absolute atomic E-state index is 0.727. The van der Waals surface area contributed by atoms with Gasteiger partial charge in [0, 0.05) is 19.2 Å². The second-order valence-electron chi connectivity index (χ2n) is 6.41. The molecule has 1 aromatic rings. The lowest BCUT2D eigenvalue weighted by Crippen LogP contribution is -2.15. The lowest BCUT2D eigenvalue weighted by Gasteiger charge is -2.15. The normalized spacial score (nSPS) is 16.1. The van der Waals surface area contributed by atoms with Gasteiger partial charge in [0.2, 0.25) is 0 Å². The molecule has 1 N–H and O–H groups in total. The molecule has 1 atom stereocenters. The molecule has 0 aromatic heterocycles. The van der Waals surface area contributed by atoms with E-state index in [0.717, 1.165) is 31.7 Å². The van der Waals surface area contributed by atoms with E-state index in [-0.39, 0.29) is 0 Å². The number of ether oxygens (including phenoxy) is 1. The van der Waals surface area contributed by atoms with Gasteiger partial charge in [-0.2, -0.15) is 0 Å². The molecule has 0 heterocycles. The van der Waals surface area contributed by atoms with Crippen molar-refractivity contribution in [2.75, 3.05) is 6.61 Å². The summed E-state index contributed by atoms with van der Waals surface area (Å²) in [4.78, 5) is 0. The van der Waals surface area contributed by atoms with Gasteiger partial charge < -0.3 is 10.1 Å². The molecule has 1 saturated carbocycles. The Morgan fingerprint density at radius 1 is 1.24 bits per heavy atom. The fourth-order valence-electron chi connectivity index (χ4n) is 2.62. The van der Waals surface area contributed by atoms with E-state index in [1.807, 2.05) is 0 Å². The topological polar surface area (TPSA) is 21.3 Å². The molecule has 1 aromatic carbocycles. The number of benzene rings is 1. The summed E-state index contributed by atoms with van der Waals surface area (Å²) in [5.41, 5.74) is 2.68. The summed E-state index contributed by atoms with van der Waals surface area (Å²) in [5, 5.41) is 3.57. The molecule has 0 radical (unpaired) electrons. The summed E-state index contributed by atoms with van der Waals surface area (Å²) >= 11 is 0. The van der Waals surface area contributed by atoms with Gasteiger partial charge in [-0.3, -0.25) is 0 Å². The van der Waals surface area contributed by atoms with E-state index in [1.165, 1.54) is 49.7 Å². The van der Waals surface area contributed by atoms with Gasteiger partial charge in [0.25, 0.3) is 0 Å². The largest absolute Gasteiger partial charge is 0.376 e. The number of rotatable bonds is 11. The Hall–Kier alpha value is -0.860. The van der Waals surface area contributed by atoms with Gasteiger partial charge in [0.1, 0.15) is 0 Å². The van der Waals surface area contributed by atoms with Crippen LogP contribution < -0.4 is 5.32 Å². The van der Waals surface area contributed by atoms with Gasteiger partial charge >= 0.3 is 0 Å². The van der Waals surface area contributed by atoms with Crippen molar-refractivity contribution in [3.8, 4) is 0 Å². The molecule has 21 heavy (non-hydrogen) atoms. The monoisotopic (exact) mass is 289 g/mol. The van der Waals surface area contributed by atoms with Crippen LogP contribution in [0, 0.1) is 5.92 Å². The molecule has 0 amide bonds. The van der Waals surface area contributed by atoms with Crippen molar-refractivity contribution in [3.63, 3.8) is 0 Å². The Bertz CT molecular complexity index is 400. The molecule has 1 aliphatic rings. The lowest BCUT2D eigenvalue weighted by molar-refractivity contribution is 0.0819. The zero-order valence-electron chi connectivity index (χ0n) is 13.7. The van der Waals surface area contributed by atoms with Crippen molar-refractivity contribution in [1.82, 2.24) is 5.32 Å². The van der Waals surface area contributed by atoms with Crippen LogP contribution in [0.4, 0.5) is 0 Å². The highest BCUT2D eigenvalue weighted by molar-refractivity contribution is 5.23. The number of nitrogens with one attached hydrogen (secondary N) is 1. The highest BCUT2D eigenvalue weighted by Crippen LogP contribution is 2.19. The number of hydrogen-bond acceptors (Lipinski definition) is 2. The molecule has 2 nitrogen and oxygen atoms in total. The van der Waals surface area contributed by atoms with Crippen LogP contribution in [-0.2, 0) is 17.9 Å². The van der Waals surface area contributed by atoms with Gasteiger partial charge in [0.15, 0.2) is 0 Å². The average molecular weight is 289 g/mol. The van der Waals surface area contributed by atoms with Crippen LogP contribution in [0.15, 0.2) is 24.3 Å². The van der Waals surface area contributed by atoms with Crippen molar-refractivity contribution in [1.29, 1.82) is 0 Å². The summed E-state index contributed by atoms with van der Waals surface area (Å²) < 4.78 is 5.94. The first kappa shape index (κ1) is 16.5. The molecule has 1 fully saturated rings. The Kier molecular flexibility index (Phi) is 7.25. The number of hydrogen-bond donors (Lipinski definition) is 1. The predicted octanol–water partition coefficient (Wildman–Crippen LogP) is 4.67. The molecular weight excluding hydrogens is 258 g/mol. The minimum atomic E-state index is 0.727. The molecule has 1 unspecified atom stereocenters. The predicted molar refractivity (Wildman–Crippen MR) is 89.3 cm³/mol. The molecule has 0 spiro atoms. The first-order valence-corrected chi connectivity index (χ1v) is 8.70. The standard InChI is InChI=1S/C19H31NO/c1-3-5-7-16(4-2)14-21-15-18-9-6-8-17(12-18)13-20-19-10-11-19/h6,8-9,12,16,19-20H,3-5,7,10-11,13-15H2,1-2H3. The summed E-state index contributed by atoms with van der Waals surface area (Å²) in [5.74, 6) is 0.727. The first-order chi connectivity index (χ1) is 10.3. The second-order valence-corrected chi connectivity index (χ2v) is 6.41. The van der Waals surface area contributed by atoms with Crippen LogP contribution in [0.2, 0.25) is 0 Å². The third-order valence-corrected chi connectivity index (χ3v) is 4.33. The van der Waals surface area contributed by atoms with Crippen LogP contribution in [0.5, 0.6) is 0 Å². The highest BCUT2D eigenvalue weighted by atomic mass is 16.5. The third kappa shape index (κ3) is 6.62. The van der Waals surface area contributed by atoms with E-state index in [4.69, 9.17) is 4.74 Å². The van der Waals surface area contributed by atoms with E-state index in [0.29, 0.717) is 0 Å². The van der Waals surface area contributed by atoms with E-state index in [9.17, 15) is 0 Å². The second kappa shape index (κ2) is 9.22. The summed E-state index contributed by atoms with van der Waals surface area (Å²) in [7, 11) is 0. The molecule has 0 bridgehead atoms. The fraction of sp³-hybridized carbons (Fsp3) is 0.684. The van der Waals surface area contributed by atoms with Crippen LogP contribution in [-0.4, -0.2) is 12.6 Å². The van der Waals surface area contributed by atoms with Crippen LogP contribution in [0.25, 0.3) is 0 Å². The zero-order chi connectivity index (χ0) is 14.9. The van der Waals surface area contributed by atoms with E-state index in [2.05, 4.69) is 43.4 Å². The molecule has 0 saturated heterocycles. The van der Waals surface area contributed by atoms with Crippen LogP contribution in [0.3, 0.4) is 0 Å². The quantitative estimate of drug-likeness (QED) is 0.639. The average Bonchev–Trinajstić information content (AvgIpc) is 3.33. The molecule has 0 aliphatic heterocycles. The maximum Gasteiger partial charge on any atom is 0.0717 e. The van der Waals surface area contributed by atoms with Gasteiger partial charge in [-0.15, -0.1) is 0 Å². The molecule has 2 heteroatoms.